The van der Waals surface area contributed by atoms with E-state index in [4.69, 9.17) is 5.26 Å². The topological polar surface area (TPSA) is 23.8 Å². The van der Waals surface area contributed by atoms with Crippen LogP contribution in [0.2, 0.25) is 0 Å². The molecule has 0 aromatic heterocycles. The number of fused-ring (bicyclic) bond motifs is 1. The minimum absolute atomic E-state index is 0.319. The Balaban J connectivity index is 2.49. The highest BCUT2D eigenvalue weighted by Gasteiger charge is 2.22. The summed E-state index contributed by atoms with van der Waals surface area (Å²) in [7, 11) is 0. The van der Waals surface area contributed by atoms with Gasteiger partial charge >= 0.3 is 0 Å². The lowest BCUT2D eigenvalue weighted by Gasteiger charge is -2.26. The first-order valence-corrected chi connectivity index (χ1v) is 5.35. The van der Waals surface area contributed by atoms with E-state index in [1.807, 2.05) is 0 Å². The molecule has 0 heterocycles. The lowest BCUT2D eigenvalue weighted by Crippen LogP contribution is -2.11. The highest BCUT2D eigenvalue weighted by atomic mass is 14.3. The molecule has 0 spiro atoms. The van der Waals surface area contributed by atoms with Crippen LogP contribution in [0.25, 0.3) is 0 Å². The van der Waals surface area contributed by atoms with Crippen LogP contribution in [0.5, 0.6) is 0 Å². The summed E-state index contributed by atoms with van der Waals surface area (Å²) in [4.78, 5) is 0. The van der Waals surface area contributed by atoms with Gasteiger partial charge < -0.3 is 0 Å². The summed E-state index contributed by atoms with van der Waals surface area (Å²) < 4.78 is 0. The third-order valence-corrected chi connectivity index (χ3v) is 3.38. The van der Waals surface area contributed by atoms with E-state index < -0.39 is 0 Å². The van der Waals surface area contributed by atoms with E-state index in [9.17, 15) is 0 Å². The molecule has 0 bridgehead atoms. The molecule has 1 atom stereocenters. The van der Waals surface area contributed by atoms with Crippen LogP contribution < -0.4 is 0 Å². The first-order chi connectivity index (χ1) is 7.24. The molecule has 1 heteroatoms. The molecule has 1 aliphatic rings. The third kappa shape index (κ3) is 1.68. The summed E-state index contributed by atoms with van der Waals surface area (Å²) in [5.41, 5.74) is 5.55. The molecule has 0 radical (unpaired) electrons. The number of rotatable bonds is 1. The molecule has 76 valence electrons. The maximum absolute atomic E-state index is 8.88. The van der Waals surface area contributed by atoms with Crippen molar-refractivity contribution < 1.29 is 0 Å². The molecule has 0 fully saturated rings. The van der Waals surface area contributed by atoms with Crippen LogP contribution in [0, 0.1) is 11.3 Å². The highest BCUT2D eigenvalue weighted by molar-refractivity contribution is 5.44. The van der Waals surface area contributed by atoms with Crippen LogP contribution in [0.4, 0.5) is 0 Å². The van der Waals surface area contributed by atoms with Crippen molar-refractivity contribution in [2.24, 2.45) is 0 Å². The number of hydrogen-bond donors (Lipinski definition) is 0. The van der Waals surface area contributed by atoms with E-state index in [-0.39, 0.29) is 0 Å². The van der Waals surface area contributed by atoms with Gasteiger partial charge in [0.15, 0.2) is 0 Å². The second-order valence-corrected chi connectivity index (χ2v) is 4.25. The fourth-order valence-electron chi connectivity index (χ4n) is 2.35. The van der Waals surface area contributed by atoms with Crippen molar-refractivity contribution in [2.75, 3.05) is 0 Å². The zero-order valence-corrected chi connectivity index (χ0v) is 9.25. The van der Waals surface area contributed by atoms with Crippen molar-refractivity contribution in [3.05, 3.63) is 46.5 Å². The smallest absolute Gasteiger partial charge is 0.0631 e. The maximum Gasteiger partial charge on any atom is 0.0631 e. The van der Waals surface area contributed by atoms with Gasteiger partial charge in [-0.15, -0.1) is 0 Å². The third-order valence-electron chi connectivity index (χ3n) is 3.38. The Kier molecular flexibility index (Phi) is 2.60. The van der Waals surface area contributed by atoms with Crippen LogP contribution in [0.1, 0.15) is 37.3 Å². The van der Waals surface area contributed by atoms with Crippen molar-refractivity contribution >= 4 is 0 Å². The van der Waals surface area contributed by atoms with Crippen molar-refractivity contribution in [1.29, 1.82) is 5.26 Å². The highest BCUT2D eigenvalue weighted by Crippen LogP contribution is 2.37. The summed E-state index contributed by atoms with van der Waals surface area (Å²) in [6.45, 7) is 4.34. The molecule has 1 nitrogen and oxygen atoms in total. The van der Waals surface area contributed by atoms with Gasteiger partial charge in [-0.05, 0) is 31.4 Å². The van der Waals surface area contributed by atoms with Gasteiger partial charge in [-0.3, -0.25) is 0 Å². The molecule has 2 rings (SSSR count). The zero-order chi connectivity index (χ0) is 10.8. The second kappa shape index (κ2) is 3.90. The van der Waals surface area contributed by atoms with Crippen LogP contribution >= 0.6 is 0 Å². The molecule has 1 aromatic rings. The first kappa shape index (κ1) is 9.98. The van der Waals surface area contributed by atoms with Gasteiger partial charge in [0, 0.05) is 12.3 Å². The number of nitrogens with zero attached hydrogens (tertiary/aromatic N) is 1. The van der Waals surface area contributed by atoms with Crippen LogP contribution in [-0.2, 0) is 6.42 Å². The number of hydrogen-bond acceptors (Lipinski definition) is 1. The van der Waals surface area contributed by atoms with Gasteiger partial charge in [0.2, 0.25) is 0 Å². The fraction of sp³-hybridized carbons (Fsp3) is 0.357. The van der Waals surface area contributed by atoms with Crippen molar-refractivity contribution in [2.45, 2.75) is 32.6 Å². The Bertz CT molecular complexity index is 449. The molecular formula is C14H15N. The van der Waals surface area contributed by atoms with Gasteiger partial charge in [0.25, 0.3) is 0 Å². The minimum atomic E-state index is 0.319. The fourth-order valence-corrected chi connectivity index (χ4v) is 2.35. The largest absolute Gasteiger partial charge is 0.198 e. The Morgan fingerprint density at radius 3 is 2.80 bits per heavy atom. The minimum Gasteiger partial charge on any atom is -0.198 e. The summed E-state index contributed by atoms with van der Waals surface area (Å²) in [6.07, 6.45) is 1.64. The number of nitriles is 1. The maximum atomic E-state index is 8.88. The van der Waals surface area contributed by atoms with E-state index in [0.29, 0.717) is 12.3 Å². The molecule has 1 aromatic carbocycles. The Hall–Kier alpha value is -1.55. The quantitative estimate of drug-likeness (QED) is 0.631. The molecular weight excluding hydrogens is 182 g/mol. The molecule has 1 aliphatic carbocycles. The Morgan fingerprint density at radius 1 is 1.33 bits per heavy atom. The van der Waals surface area contributed by atoms with Crippen LogP contribution in [-0.4, -0.2) is 0 Å². The standard InChI is InChI=1S/C14H15N/c1-10-9-12-5-3-4-6-14(12)13(7-8-15)11(10)2/h3-6,13H,7,9H2,1-2H3. The number of allylic oxidation sites excluding steroid dienone is 2. The first-order valence-electron chi connectivity index (χ1n) is 5.35. The average molecular weight is 197 g/mol. The predicted molar refractivity (Wildman–Crippen MR) is 61.5 cm³/mol. The van der Waals surface area contributed by atoms with Gasteiger partial charge in [-0.2, -0.15) is 5.26 Å². The molecule has 0 aliphatic heterocycles. The molecule has 0 N–H and O–H groups in total. The Morgan fingerprint density at radius 2 is 2.07 bits per heavy atom. The zero-order valence-electron chi connectivity index (χ0n) is 9.25. The van der Waals surface area contributed by atoms with Crippen molar-refractivity contribution in [3.63, 3.8) is 0 Å². The van der Waals surface area contributed by atoms with Gasteiger partial charge in [-0.1, -0.05) is 35.4 Å². The summed E-state index contributed by atoms with van der Waals surface area (Å²) in [5.74, 6) is 0.319. The SMILES string of the molecule is CC1=C(C)C(CC#N)c2ccccc2C1. The van der Waals surface area contributed by atoms with E-state index >= 15 is 0 Å². The van der Waals surface area contributed by atoms with Crippen molar-refractivity contribution in [3.8, 4) is 6.07 Å². The lowest BCUT2D eigenvalue weighted by molar-refractivity contribution is 0.758. The lowest BCUT2D eigenvalue weighted by atomic mass is 9.78. The monoisotopic (exact) mass is 197 g/mol. The molecule has 1 unspecified atom stereocenters. The van der Waals surface area contributed by atoms with E-state index in [2.05, 4.69) is 44.2 Å². The van der Waals surface area contributed by atoms with Crippen LogP contribution in [0.3, 0.4) is 0 Å². The summed E-state index contributed by atoms with van der Waals surface area (Å²) in [5, 5.41) is 8.88. The Labute approximate surface area is 91.0 Å². The average Bonchev–Trinajstić information content (AvgIpc) is 2.25. The second-order valence-electron chi connectivity index (χ2n) is 4.25. The molecule has 0 amide bonds. The summed E-state index contributed by atoms with van der Waals surface area (Å²) in [6, 6.07) is 10.8. The number of benzene rings is 1. The normalized spacial score (nSPS) is 19.7. The van der Waals surface area contributed by atoms with E-state index in [1.165, 1.54) is 22.3 Å². The van der Waals surface area contributed by atoms with E-state index in [1.54, 1.807) is 0 Å². The van der Waals surface area contributed by atoms with Gasteiger partial charge in [0.1, 0.15) is 0 Å². The predicted octanol–water partition coefficient (Wildman–Crippen LogP) is 3.58. The van der Waals surface area contributed by atoms with Crippen LogP contribution in [0.15, 0.2) is 35.4 Å². The summed E-state index contributed by atoms with van der Waals surface area (Å²) >= 11 is 0. The van der Waals surface area contributed by atoms with Gasteiger partial charge in [0.05, 0.1) is 6.07 Å². The molecule has 0 saturated carbocycles. The van der Waals surface area contributed by atoms with E-state index in [0.717, 1.165) is 6.42 Å². The van der Waals surface area contributed by atoms with Crippen molar-refractivity contribution in [1.82, 2.24) is 0 Å². The van der Waals surface area contributed by atoms with Gasteiger partial charge in [-0.25, -0.2) is 0 Å². The molecule has 0 saturated heterocycles. The molecule has 15 heavy (non-hydrogen) atoms.